The van der Waals surface area contributed by atoms with E-state index >= 15 is 0 Å². The largest absolute Gasteiger partial charge is 0.477 e. The number of nitrogens with one attached hydrogen (secondary N) is 1. The molecule has 3 fully saturated rings. The van der Waals surface area contributed by atoms with Crippen LogP contribution < -0.4 is 20.7 Å². The first-order valence-corrected chi connectivity index (χ1v) is 15.3. The zero-order chi connectivity index (χ0) is 30.2. The lowest BCUT2D eigenvalue weighted by Crippen LogP contribution is -2.52. The van der Waals surface area contributed by atoms with Gasteiger partial charge in [0.25, 0.3) is 5.56 Å². The molecule has 3 aromatic rings. The van der Waals surface area contributed by atoms with E-state index in [2.05, 4.69) is 63.4 Å². The molecule has 1 aromatic carbocycles. The van der Waals surface area contributed by atoms with Crippen molar-refractivity contribution < 1.29 is 14.7 Å². The van der Waals surface area contributed by atoms with Crippen molar-refractivity contribution in [3.63, 3.8) is 0 Å². The number of carbonyl (C=O) groups is 2. The lowest BCUT2D eigenvalue weighted by atomic mass is 9.77. The number of anilines is 2. The number of nitrogens with zero attached hydrogens (tertiary/aromatic N) is 5. The molecule has 3 aliphatic heterocycles. The van der Waals surface area contributed by atoms with Gasteiger partial charge in [0.05, 0.1) is 5.54 Å². The van der Waals surface area contributed by atoms with Crippen molar-refractivity contribution in [2.24, 2.45) is 0 Å². The van der Waals surface area contributed by atoms with Gasteiger partial charge in [-0.3, -0.25) is 4.79 Å². The highest BCUT2D eigenvalue weighted by Gasteiger charge is 2.44. The first-order chi connectivity index (χ1) is 20.7. The van der Waals surface area contributed by atoms with E-state index in [0.717, 1.165) is 50.2 Å². The molecular weight excluding hydrogens is 544 g/mol. The predicted molar refractivity (Wildman–Crippen MR) is 166 cm³/mol. The monoisotopic (exact) mass is 584 g/mol. The average molecular weight is 585 g/mol. The third-order valence-corrected chi connectivity index (χ3v) is 9.85. The summed E-state index contributed by atoms with van der Waals surface area (Å²) in [5, 5.41) is 12.5. The third kappa shape index (κ3) is 5.58. The molecule has 2 aromatic heterocycles. The summed E-state index contributed by atoms with van der Waals surface area (Å²) in [5.41, 5.74) is 2.98. The molecule has 2 amide bonds. The van der Waals surface area contributed by atoms with Crippen molar-refractivity contribution in [3.8, 4) is 0 Å². The van der Waals surface area contributed by atoms with Crippen LogP contribution in [0.1, 0.15) is 54.4 Å². The Kier molecular flexibility index (Phi) is 7.62. The highest BCUT2D eigenvalue weighted by Crippen LogP contribution is 2.39. The summed E-state index contributed by atoms with van der Waals surface area (Å²) in [5.74, 6) is -0.403. The number of rotatable bonds is 8. The van der Waals surface area contributed by atoms with Crippen LogP contribution in [0.4, 0.5) is 16.3 Å². The number of carboxylic acids is 1. The summed E-state index contributed by atoms with van der Waals surface area (Å²) in [6.45, 7) is 8.85. The van der Waals surface area contributed by atoms with Gasteiger partial charge in [0.2, 0.25) is 0 Å². The Morgan fingerprint density at radius 3 is 2.37 bits per heavy atom. The molecule has 0 aliphatic carbocycles. The van der Waals surface area contributed by atoms with E-state index in [1.807, 2.05) is 17.9 Å². The molecule has 43 heavy (non-hydrogen) atoms. The molecule has 6 rings (SSSR count). The summed E-state index contributed by atoms with van der Waals surface area (Å²) in [7, 11) is 0. The molecule has 10 nitrogen and oxygen atoms in total. The second kappa shape index (κ2) is 11.4. The number of benzene rings is 1. The molecule has 5 heterocycles. The molecule has 3 aliphatic rings. The first kappa shape index (κ1) is 28.8. The number of hydrogen-bond donors (Lipinski definition) is 2. The van der Waals surface area contributed by atoms with Crippen molar-refractivity contribution in [3.05, 3.63) is 88.0 Å². The molecule has 226 valence electrons. The van der Waals surface area contributed by atoms with Gasteiger partial charge in [0.1, 0.15) is 5.82 Å². The fourth-order valence-electron chi connectivity index (χ4n) is 7.14. The SMILES string of the molecule is CC[C@]1(c2ccccc2)CCN(c2cc(C)n(CCN3CC4(CCN(c5cccc(C(=O)O)n5)CC4)NC3=O)c(=O)c2)C1. The molecule has 1 spiro atoms. The van der Waals surface area contributed by atoms with Gasteiger partial charge in [-0.25, -0.2) is 14.6 Å². The number of urea groups is 1. The van der Waals surface area contributed by atoms with Crippen molar-refractivity contribution in [1.82, 2.24) is 19.8 Å². The lowest BCUT2D eigenvalue weighted by molar-refractivity contribution is 0.0690. The van der Waals surface area contributed by atoms with Crippen molar-refractivity contribution in [1.29, 1.82) is 0 Å². The molecule has 1 atom stereocenters. The molecule has 0 saturated carbocycles. The molecular formula is C33H40N6O4. The van der Waals surface area contributed by atoms with Gasteiger partial charge < -0.3 is 29.7 Å². The zero-order valence-electron chi connectivity index (χ0n) is 25.0. The van der Waals surface area contributed by atoms with E-state index in [1.165, 1.54) is 11.6 Å². The van der Waals surface area contributed by atoms with Crippen LogP contribution in [0.2, 0.25) is 0 Å². The van der Waals surface area contributed by atoms with Crippen LogP contribution in [0.25, 0.3) is 0 Å². The molecule has 0 unspecified atom stereocenters. The number of piperidine rings is 1. The van der Waals surface area contributed by atoms with Crippen LogP contribution in [0.5, 0.6) is 0 Å². The highest BCUT2D eigenvalue weighted by molar-refractivity contribution is 5.85. The molecule has 3 saturated heterocycles. The molecule has 2 N–H and O–H groups in total. The maximum atomic E-state index is 13.3. The Morgan fingerprint density at radius 2 is 1.67 bits per heavy atom. The first-order valence-electron chi connectivity index (χ1n) is 15.3. The van der Waals surface area contributed by atoms with E-state index in [1.54, 1.807) is 16.7 Å². The Morgan fingerprint density at radius 1 is 0.930 bits per heavy atom. The topological polar surface area (TPSA) is 111 Å². The van der Waals surface area contributed by atoms with Gasteiger partial charge >= 0.3 is 12.0 Å². The molecule has 10 heteroatoms. The number of hydrogen-bond acceptors (Lipinski definition) is 6. The summed E-state index contributed by atoms with van der Waals surface area (Å²) in [6, 6.07) is 19.5. The molecule has 0 bridgehead atoms. The lowest BCUT2D eigenvalue weighted by Gasteiger charge is -2.39. The van der Waals surface area contributed by atoms with Crippen molar-refractivity contribution in [2.45, 2.75) is 57.0 Å². The van der Waals surface area contributed by atoms with Crippen LogP contribution in [-0.4, -0.2) is 76.4 Å². The number of aryl methyl sites for hydroxylation is 1. The number of carboxylic acid groups (broad SMARTS) is 1. The second-order valence-electron chi connectivity index (χ2n) is 12.3. The summed E-state index contributed by atoms with van der Waals surface area (Å²) >= 11 is 0. The number of aromatic carboxylic acids is 1. The van der Waals surface area contributed by atoms with Crippen molar-refractivity contribution >= 4 is 23.5 Å². The van der Waals surface area contributed by atoms with Gasteiger partial charge in [-0.1, -0.05) is 43.3 Å². The second-order valence-corrected chi connectivity index (χ2v) is 12.3. The van der Waals surface area contributed by atoms with E-state index in [9.17, 15) is 19.5 Å². The zero-order valence-corrected chi connectivity index (χ0v) is 25.0. The van der Waals surface area contributed by atoms with Gasteiger partial charge in [-0.15, -0.1) is 0 Å². The predicted octanol–water partition coefficient (Wildman–Crippen LogP) is 3.87. The number of amides is 2. The minimum absolute atomic E-state index is 0.0263. The van der Waals surface area contributed by atoms with E-state index in [4.69, 9.17) is 0 Å². The maximum Gasteiger partial charge on any atom is 0.354 e. The third-order valence-electron chi connectivity index (χ3n) is 9.85. The van der Waals surface area contributed by atoms with Crippen LogP contribution in [0, 0.1) is 6.92 Å². The standard InChI is InChI=1S/C33H40N6O4/c1-3-32(25-8-5-4-6-9-25)12-15-37(22-32)26-20-24(2)39(29(40)21-26)19-18-38-23-33(35-31(38)43)13-16-36(17-14-33)28-11-7-10-27(34-28)30(41)42/h4-11,20-21H,3,12-19,22-23H2,1-2H3,(H,35,43)(H,41,42)/t32-/m0/s1. The Balaban J connectivity index is 1.07. The smallest absolute Gasteiger partial charge is 0.354 e. The highest BCUT2D eigenvalue weighted by atomic mass is 16.4. The fraction of sp³-hybridized carbons (Fsp3) is 0.455. The van der Waals surface area contributed by atoms with E-state index < -0.39 is 5.97 Å². The Hall–Kier alpha value is -4.34. The van der Waals surface area contributed by atoms with E-state index in [0.29, 0.717) is 38.5 Å². The minimum atomic E-state index is -1.05. The van der Waals surface area contributed by atoms with E-state index in [-0.39, 0.29) is 28.2 Å². The van der Waals surface area contributed by atoms with Gasteiger partial charge in [-0.05, 0) is 56.4 Å². The van der Waals surface area contributed by atoms with Gasteiger partial charge in [-0.2, -0.15) is 0 Å². The summed E-state index contributed by atoms with van der Waals surface area (Å²) < 4.78 is 1.77. The summed E-state index contributed by atoms with van der Waals surface area (Å²) in [6.07, 6.45) is 3.58. The Labute approximate surface area is 251 Å². The number of pyridine rings is 2. The summed E-state index contributed by atoms with van der Waals surface area (Å²) in [4.78, 5) is 48.1. The van der Waals surface area contributed by atoms with Crippen LogP contribution in [-0.2, 0) is 12.0 Å². The number of carbonyl (C=O) groups excluding carboxylic acids is 1. The average Bonchev–Trinajstić information content (AvgIpc) is 3.59. The van der Waals surface area contributed by atoms with Crippen LogP contribution in [0.3, 0.4) is 0 Å². The molecule has 0 radical (unpaired) electrons. The van der Waals surface area contributed by atoms with Crippen LogP contribution in [0.15, 0.2) is 65.5 Å². The minimum Gasteiger partial charge on any atom is -0.477 e. The number of aromatic nitrogens is 2. The fourth-order valence-corrected chi connectivity index (χ4v) is 7.14. The van der Waals surface area contributed by atoms with Crippen molar-refractivity contribution in [2.75, 3.05) is 49.1 Å². The normalized spacial score (nSPS) is 21.4. The Bertz CT molecular complexity index is 1570. The van der Waals surface area contributed by atoms with Gasteiger partial charge in [0, 0.05) is 68.7 Å². The maximum absolute atomic E-state index is 13.3. The van der Waals surface area contributed by atoms with Crippen LogP contribution >= 0.6 is 0 Å². The van der Waals surface area contributed by atoms with Gasteiger partial charge in [0.15, 0.2) is 5.69 Å². The quantitative estimate of drug-likeness (QED) is 0.414.